The fourth-order valence-corrected chi connectivity index (χ4v) is 2.05. The first-order valence-electron chi connectivity index (χ1n) is 5.86. The summed E-state index contributed by atoms with van der Waals surface area (Å²) in [5.41, 5.74) is -0.119. The number of nitrogens with one attached hydrogen (secondary N) is 2. The molecule has 1 saturated carbocycles. The van der Waals surface area contributed by atoms with E-state index in [-0.39, 0.29) is 17.8 Å². The second kappa shape index (κ2) is 5.12. The lowest BCUT2D eigenvalue weighted by Crippen LogP contribution is -2.52. The number of urea groups is 1. The largest absolute Gasteiger partial charge is 0.394 e. The third-order valence-electron chi connectivity index (χ3n) is 3.21. The van der Waals surface area contributed by atoms with Gasteiger partial charge in [0.25, 0.3) is 0 Å². The number of anilines is 1. The van der Waals surface area contributed by atoms with E-state index in [0.29, 0.717) is 11.6 Å². The molecule has 1 atom stereocenters. The van der Waals surface area contributed by atoms with E-state index in [1.165, 1.54) is 0 Å². The molecule has 0 saturated heterocycles. The number of halogens is 1. The zero-order valence-corrected chi connectivity index (χ0v) is 10.9. The molecule has 18 heavy (non-hydrogen) atoms. The number of hydrogen-bond donors (Lipinski definition) is 3. The first-order valence-corrected chi connectivity index (χ1v) is 6.23. The Kier molecular flexibility index (Phi) is 3.73. The van der Waals surface area contributed by atoms with Gasteiger partial charge < -0.3 is 15.7 Å². The second-order valence-corrected chi connectivity index (χ2v) is 5.13. The van der Waals surface area contributed by atoms with Crippen molar-refractivity contribution in [2.24, 2.45) is 5.92 Å². The number of carbonyl (C=O) groups is 1. The van der Waals surface area contributed by atoms with Gasteiger partial charge in [-0.2, -0.15) is 0 Å². The Balaban J connectivity index is 1.98. The molecular formula is C12H16ClN3O2. The molecule has 1 fully saturated rings. The lowest BCUT2D eigenvalue weighted by molar-refractivity contribution is 0.159. The molecule has 0 bridgehead atoms. The second-order valence-electron chi connectivity index (χ2n) is 4.77. The lowest BCUT2D eigenvalue weighted by atomic mass is 9.97. The predicted octanol–water partition coefficient (Wildman–Crippen LogP) is 2.02. The van der Waals surface area contributed by atoms with E-state index in [1.54, 1.807) is 18.3 Å². The van der Waals surface area contributed by atoms with Crippen molar-refractivity contribution in [3.8, 4) is 0 Å². The van der Waals surface area contributed by atoms with Crippen LogP contribution in [0.3, 0.4) is 0 Å². The molecule has 5 nitrogen and oxygen atoms in total. The van der Waals surface area contributed by atoms with Crippen LogP contribution < -0.4 is 10.6 Å². The predicted molar refractivity (Wildman–Crippen MR) is 69.6 cm³/mol. The number of aliphatic hydroxyl groups excluding tert-OH is 1. The van der Waals surface area contributed by atoms with Crippen molar-refractivity contribution in [3.05, 3.63) is 23.5 Å². The van der Waals surface area contributed by atoms with Crippen LogP contribution in [0.1, 0.15) is 19.8 Å². The minimum absolute atomic E-state index is 0.0775. The van der Waals surface area contributed by atoms with E-state index in [1.807, 2.05) is 6.92 Å². The Morgan fingerprint density at radius 2 is 2.39 bits per heavy atom. The monoisotopic (exact) mass is 269 g/mol. The third-order valence-corrected chi connectivity index (χ3v) is 3.51. The summed E-state index contributed by atoms with van der Waals surface area (Å²) in [6.07, 6.45) is 3.61. The van der Waals surface area contributed by atoms with Crippen LogP contribution in [0.5, 0.6) is 0 Å². The molecule has 6 heteroatoms. The summed E-state index contributed by atoms with van der Waals surface area (Å²) in [6, 6.07) is 2.98. The van der Waals surface area contributed by atoms with Crippen molar-refractivity contribution in [2.45, 2.75) is 25.3 Å². The molecule has 98 valence electrons. The quantitative estimate of drug-likeness (QED) is 0.732. The van der Waals surface area contributed by atoms with Crippen LogP contribution in [0.15, 0.2) is 18.3 Å². The number of nitrogens with zero attached hydrogens (tertiary/aromatic N) is 1. The summed E-state index contributed by atoms with van der Waals surface area (Å²) in [4.78, 5) is 15.7. The third kappa shape index (κ3) is 2.91. The van der Waals surface area contributed by atoms with E-state index in [4.69, 9.17) is 11.6 Å². The highest BCUT2D eigenvalue weighted by Gasteiger charge is 2.42. The van der Waals surface area contributed by atoms with E-state index in [2.05, 4.69) is 15.6 Å². The number of aromatic nitrogens is 1. The molecule has 0 radical (unpaired) electrons. The fourth-order valence-electron chi connectivity index (χ4n) is 1.88. The molecule has 2 rings (SSSR count). The van der Waals surface area contributed by atoms with Crippen LogP contribution in [0.2, 0.25) is 5.15 Å². The zero-order valence-electron chi connectivity index (χ0n) is 10.1. The maximum absolute atomic E-state index is 11.9. The molecule has 1 unspecified atom stereocenters. The zero-order chi connectivity index (χ0) is 13.2. The average Bonchev–Trinajstić information content (AvgIpc) is 3.16. The van der Waals surface area contributed by atoms with E-state index < -0.39 is 5.54 Å². The van der Waals surface area contributed by atoms with Crippen molar-refractivity contribution in [1.82, 2.24) is 10.3 Å². The first kappa shape index (κ1) is 13.1. The number of hydrogen-bond acceptors (Lipinski definition) is 3. The van der Waals surface area contributed by atoms with Gasteiger partial charge in [0.1, 0.15) is 0 Å². The van der Waals surface area contributed by atoms with Gasteiger partial charge in [0.05, 0.1) is 17.8 Å². The van der Waals surface area contributed by atoms with E-state index in [0.717, 1.165) is 12.8 Å². The topological polar surface area (TPSA) is 74.2 Å². The lowest BCUT2D eigenvalue weighted by Gasteiger charge is -2.28. The minimum atomic E-state index is -0.571. The van der Waals surface area contributed by atoms with Crippen LogP contribution in [0.25, 0.3) is 0 Å². The van der Waals surface area contributed by atoms with Gasteiger partial charge in [-0.15, -0.1) is 0 Å². The van der Waals surface area contributed by atoms with Crippen LogP contribution in [-0.4, -0.2) is 28.3 Å². The maximum atomic E-state index is 11.9. The van der Waals surface area contributed by atoms with Gasteiger partial charge in [-0.25, -0.2) is 9.78 Å². The van der Waals surface area contributed by atoms with Crippen LogP contribution >= 0.6 is 11.6 Å². The maximum Gasteiger partial charge on any atom is 0.319 e. The number of amides is 2. The number of rotatable bonds is 4. The van der Waals surface area contributed by atoms with Crippen molar-refractivity contribution in [3.63, 3.8) is 0 Å². The molecule has 2 amide bonds. The van der Waals surface area contributed by atoms with Crippen LogP contribution in [0.4, 0.5) is 10.5 Å². The smallest absolute Gasteiger partial charge is 0.319 e. The number of pyridine rings is 1. The molecule has 0 aliphatic heterocycles. The van der Waals surface area contributed by atoms with Crippen molar-refractivity contribution in [2.75, 3.05) is 11.9 Å². The SMILES string of the molecule is CC(CO)(NC(=O)Nc1cccnc1Cl)C1CC1. The van der Waals surface area contributed by atoms with Gasteiger partial charge in [0, 0.05) is 6.20 Å². The van der Waals surface area contributed by atoms with Gasteiger partial charge >= 0.3 is 6.03 Å². The number of carbonyl (C=O) groups excluding carboxylic acids is 1. The van der Waals surface area contributed by atoms with E-state index in [9.17, 15) is 9.90 Å². The highest BCUT2D eigenvalue weighted by atomic mass is 35.5. The van der Waals surface area contributed by atoms with Crippen molar-refractivity contribution >= 4 is 23.3 Å². The van der Waals surface area contributed by atoms with Gasteiger partial charge in [-0.3, -0.25) is 0 Å². The summed E-state index contributed by atoms with van der Waals surface area (Å²) < 4.78 is 0. The normalized spacial score (nSPS) is 17.9. The Morgan fingerprint density at radius 3 is 2.94 bits per heavy atom. The Hall–Kier alpha value is -1.33. The van der Waals surface area contributed by atoms with Gasteiger partial charge in [0.2, 0.25) is 0 Å². The Morgan fingerprint density at radius 1 is 1.67 bits per heavy atom. The van der Waals surface area contributed by atoms with Gasteiger partial charge in [-0.1, -0.05) is 11.6 Å². The minimum Gasteiger partial charge on any atom is -0.394 e. The molecule has 1 aliphatic rings. The summed E-state index contributed by atoms with van der Waals surface area (Å²) in [7, 11) is 0. The highest BCUT2D eigenvalue weighted by Crippen LogP contribution is 2.39. The first-order chi connectivity index (χ1) is 8.55. The summed E-state index contributed by atoms with van der Waals surface area (Å²) in [5, 5.41) is 15.0. The Labute approximate surface area is 111 Å². The Bertz CT molecular complexity index is 451. The highest BCUT2D eigenvalue weighted by molar-refractivity contribution is 6.32. The van der Waals surface area contributed by atoms with E-state index >= 15 is 0 Å². The summed E-state index contributed by atoms with van der Waals surface area (Å²) in [5.74, 6) is 0.345. The molecule has 1 aliphatic carbocycles. The standard InChI is InChI=1S/C12H16ClN3O2/c1-12(7-17,8-4-5-8)16-11(18)15-9-3-2-6-14-10(9)13/h2-3,6,8,17H,4-5,7H2,1H3,(H2,15,16,18). The molecule has 1 heterocycles. The van der Waals surface area contributed by atoms with Crippen LogP contribution in [-0.2, 0) is 0 Å². The molecule has 1 aromatic heterocycles. The van der Waals surface area contributed by atoms with Gasteiger partial charge in [-0.05, 0) is 37.8 Å². The average molecular weight is 270 g/mol. The van der Waals surface area contributed by atoms with Crippen molar-refractivity contribution in [1.29, 1.82) is 0 Å². The van der Waals surface area contributed by atoms with Gasteiger partial charge in [0.15, 0.2) is 5.15 Å². The molecule has 0 spiro atoms. The molecule has 1 aromatic rings. The number of aliphatic hydroxyl groups is 1. The summed E-state index contributed by atoms with van der Waals surface area (Å²) in [6.45, 7) is 1.76. The van der Waals surface area contributed by atoms with Crippen molar-refractivity contribution < 1.29 is 9.90 Å². The fraction of sp³-hybridized carbons (Fsp3) is 0.500. The molecular weight excluding hydrogens is 254 g/mol. The molecule has 0 aromatic carbocycles. The summed E-state index contributed by atoms with van der Waals surface area (Å²) >= 11 is 5.85. The van der Waals surface area contributed by atoms with Crippen LogP contribution in [0, 0.1) is 5.92 Å². The molecule has 3 N–H and O–H groups in total.